The van der Waals surface area contributed by atoms with Crippen molar-refractivity contribution < 1.29 is 14.3 Å². The van der Waals surface area contributed by atoms with Gasteiger partial charge in [0.1, 0.15) is 0 Å². The van der Waals surface area contributed by atoms with Gasteiger partial charge in [0.25, 0.3) is 5.91 Å². The summed E-state index contributed by atoms with van der Waals surface area (Å²) in [6.07, 6.45) is 2.88. The quantitative estimate of drug-likeness (QED) is 0.294. The molecule has 3 aliphatic carbocycles. The molecule has 2 bridgehead atoms. The van der Waals surface area contributed by atoms with Crippen LogP contribution in [0.2, 0.25) is 0 Å². The van der Waals surface area contributed by atoms with Crippen molar-refractivity contribution in [2.24, 2.45) is 5.41 Å². The molecule has 4 aromatic rings. The van der Waals surface area contributed by atoms with Crippen LogP contribution in [0.3, 0.4) is 0 Å². The van der Waals surface area contributed by atoms with Crippen LogP contribution in [0.4, 0.5) is 5.13 Å². The summed E-state index contributed by atoms with van der Waals surface area (Å²) in [5.74, 6) is 0.0693. The van der Waals surface area contributed by atoms with E-state index in [1.165, 1.54) is 33.6 Å². The molecule has 7 heteroatoms. The molecule has 202 valence electrons. The molecule has 6 nitrogen and oxygen atoms in total. The number of hydrogen-bond acceptors (Lipinski definition) is 5. The summed E-state index contributed by atoms with van der Waals surface area (Å²) in [5.41, 5.74) is 6.75. The van der Waals surface area contributed by atoms with Gasteiger partial charge < -0.3 is 15.4 Å². The van der Waals surface area contributed by atoms with E-state index in [1.54, 1.807) is 6.07 Å². The lowest BCUT2D eigenvalue weighted by molar-refractivity contribution is -0.126. The molecule has 2 unspecified atom stereocenters. The molecule has 3 aromatic carbocycles. The summed E-state index contributed by atoms with van der Waals surface area (Å²) in [5, 5.41) is 8.63. The van der Waals surface area contributed by atoms with Gasteiger partial charge in [-0.2, -0.15) is 0 Å². The highest BCUT2D eigenvalue weighted by Crippen LogP contribution is 2.61. The van der Waals surface area contributed by atoms with Gasteiger partial charge in [-0.15, -0.1) is 11.3 Å². The molecular formula is C33H31N3O3S. The first-order valence-electron chi connectivity index (χ1n) is 14.0. The van der Waals surface area contributed by atoms with E-state index in [0.717, 1.165) is 37.1 Å². The van der Waals surface area contributed by atoms with Crippen LogP contribution in [0.25, 0.3) is 11.3 Å². The summed E-state index contributed by atoms with van der Waals surface area (Å²) in [6.45, 7) is 3.38. The number of benzene rings is 3. The van der Waals surface area contributed by atoms with E-state index in [2.05, 4.69) is 66.1 Å². The Balaban J connectivity index is 1.10. The number of ether oxygens (including phenoxy) is 1. The smallest absolute Gasteiger partial charge is 0.251 e. The van der Waals surface area contributed by atoms with E-state index in [0.29, 0.717) is 17.2 Å². The molecule has 0 saturated carbocycles. The summed E-state index contributed by atoms with van der Waals surface area (Å²) < 4.78 is 5.61. The topological polar surface area (TPSA) is 80.3 Å². The van der Waals surface area contributed by atoms with Crippen molar-refractivity contribution in [2.45, 2.75) is 44.1 Å². The van der Waals surface area contributed by atoms with E-state index in [4.69, 9.17) is 9.72 Å². The zero-order valence-electron chi connectivity index (χ0n) is 22.4. The van der Waals surface area contributed by atoms with Crippen LogP contribution in [-0.2, 0) is 9.53 Å². The number of anilines is 1. The lowest BCUT2D eigenvalue weighted by Gasteiger charge is -2.50. The number of fused-ring (bicyclic) bond motifs is 1. The van der Waals surface area contributed by atoms with Crippen molar-refractivity contribution in [1.29, 1.82) is 0 Å². The molecule has 2 heterocycles. The lowest BCUT2D eigenvalue weighted by Crippen LogP contribution is -2.47. The minimum atomic E-state index is -0.597. The fourth-order valence-electron chi connectivity index (χ4n) is 6.83. The first kappa shape index (κ1) is 25.2. The minimum absolute atomic E-state index is 0.00494. The molecule has 2 atom stereocenters. The summed E-state index contributed by atoms with van der Waals surface area (Å²) in [4.78, 5) is 31.4. The Hall–Kier alpha value is -3.81. The van der Waals surface area contributed by atoms with E-state index in [9.17, 15) is 9.59 Å². The van der Waals surface area contributed by atoms with Gasteiger partial charge in [-0.05, 0) is 60.6 Å². The van der Waals surface area contributed by atoms with Crippen molar-refractivity contribution in [3.05, 3.63) is 106 Å². The second-order valence-electron chi connectivity index (χ2n) is 11.3. The Morgan fingerprint density at radius 2 is 1.73 bits per heavy atom. The van der Waals surface area contributed by atoms with Crippen LogP contribution >= 0.6 is 11.3 Å². The van der Waals surface area contributed by atoms with Crippen molar-refractivity contribution in [1.82, 2.24) is 10.3 Å². The maximum absolute atomic E-state index is 14.0. The molecule has 1 fully saturated rings. The number of thiazole rings is 1. The number of rotatable bonds is 6. The van der Waals surface area contributed by atoms with Gasteiger partial charge in [-0.1, -0.05) is 60.7 Å². The maximum Gasteiger partial charge on any atom is 0.251 e. The third-order valence-electron chi connectivity index (χ3n) is 8.81. The predicted molar refractivity (Wildman–Crippen MR) is 157 cm³/mol. The molecule has 2 N–H and O–H groups in total. The highest BCUT2D eigenvalue weighted by atomic mass is 32.1. The van der Waals surface area contributed by atoms with Crippen molar-refractivity contribution in [3.63, 3.8) is 0 Å². The second-order valence-corrected chi connectivity index (χ2v) is 12.1. The van der Waals surface area contributed by atoms with E-state index in [-0.39, 0.29) is 29.8 Å². The van der Waals surface area contributed by atoms with Crippen LogP contribution in [0.1, 0.15) is 70.6 Å². The number of aromatic nitrogens is 1. The van der Waals surface area contributed by atoms with Crippen LogP contribution < -0.4 is 10.6 Å². The number of amides is 2. The van der Waals surface area contributed by atoms with Crippen LogP contribution in [-0.4, -0.2) is 36.1 Å². The average molecular weight is 550 g/mol. The van der Waals surface area contributed by atoms with E-state index in [1.807, 2.05) is 23.6 Å². The molecule has 4 aliphatic rings. The fraction of sp³-hybridized carbons (Fsp3) is 0.303. The molecular weight excluding hydrogens is 518 g/mol. The second kappa shape index (κ2) is 9.98. The van der Waals surface area contributed by atoms with Gasteiger partial charge in [0.2, 0.25) is 5.91 Å². The van der Waals surface area contributed by atoms with E-state index >= 15 is 0 Å². The number of nitrogens with zero attached hydrogens (tertiary/aromatic N) is 1. The summed E-state index contributed by atoms with van der Waals surface area (Å²) >= 11 is 1.41. The van der Waals surface area contributed by atoms with Crippen molar-refractivity contribution in [3.8, 4) is 11.3 Å². The molecule has 40 heavy (non-hydrogen) atoms. The Morgan fingerprint density at radius 3 is 2.42 bits per heavy atom. The van der Waals surface area contributed by atoms with Crippen molar-refractivity contribution in [2.75, 3.05) is 18.5 Å². The molecule has 2 amide bonds. The van der Waals surface area contributed by atoms with Gasteiger partial charge in [-0.25, -0.2) is 4.98 Å². The van der Waals surface area contributed by atoms with Gasteiger partial charge in [0.05, 0.1) is 17.2 Å². The Bertz CT molecular complexity index is 1560. The predicted octanol–water partition coefficient (Wildman–Crippen LogP) is 6.34. The number of nitrogens with one attached hydrogen (secondary N) is 2. The first-order valence-corrected chi connectivity index (χ1v) is 14.8. The lowest BCUT2D eigenvalue weighted by atomic mass is 9.52. The molecule has 1 aromatic heterocycles. The largest absolute Gasteiger partial charge is 0.376 e. The Labute approximate surface area is 237 Å². The fourth-order valence-corrected chi connectivity index (χ4v) is 7.54. The molecule has 0 radical (unpaired) electrons. The van der Waals surface area contributed by atoms with Gasteiger partial charge in [0, 0.05) is 41.5 Å². The SMILES string of the molecule is CC1(C(=O)Nc2nc(-c3cccc(C(=O)NCC4CCCO4)c3)cs2)CC2c3ccccc3C1c1ccccc12. The monoisotopic (exact) mass is 549 g/mol. The number of carbonyl (C=O) groups is 2. The normalized spacial score (nSPS) is 24.3. The standard InChI is InChI=1S/C33H31N3O3S/c1-33(17-27-23-11-2-4-13-25(23)29(33)26-14-5-3-12-24(26)27)31(38)36-32-35-28(19-40-32)20-8-6-9-21(16-20)30(37)34-18-22-10-7-15-39-22/h2-6,8-9,11-14,16,19,22,27,29H,7,10,15,17-18H2,1H3,(H,34,37)(H,35,36,38). The van der Waals surface area contributed by atoms with Crippen LogP contribution in [0.5, 0.6) is 0 Å². The first-order chi connectivity index (χ1) is 19.5. The zero-order valence-corrected chi connectivity index (χ0v) is 23.2. The number of carbonyl (C=O) groups excluding carboxylic acids is 2. The third kappa shape index (κ3) is 4.25. The van der Waals surface area contributed by atoms with Gasteiger partial charge >= 0.3 is 0 Å². The summed E-state index contributed by atoms with van der Waals surface area (Å²) in [7, 11) is 0. The van der Waals surface area contributed by atoms with Gasteiger partial charge in [0.15, 0.2) is 5.13 Å². The number of hydrogen-bond donors (Lipinski definition) is 2. The Kier molecular flexibility index (Phi) is 6.28. The third-order valence-corrected chi connectivity index (χ3v) is 9.57. The molecule has 1 aliphatic heterocycles. The Morgan fingerprint density at radius 1 is 1.00 bits per heavy atom. The highest BCUT2D eigenvalue weighted by Gasteiger charge is 2.54. The molecule has 1 saturated heterocycles. The van der Waals surface area contributed by atoms with E-state index < -0.39 is 5.41 Å². The summed E-state index contributed by atoms with van der Waals surface area (Å²) in [6, 6.07) is 24.6. The maximum atomic E-state index is 14.0. The molecule has 8 rings (SSSR count). The molecule has 0 spiro atoms. The van der Waals surface area contributed by atoms with Crippen molar-refractivity contribution >= 4 is 28.3 Å². The van der Waals surface area contributed by atoms with Gasteiger partial charge in [-0.3, -0.25) is 9.59 Å². The average Bonchev–Trinajstić information content (AvgIpc) is 3.69. The van der Waals surface area contributed by atoms with Crippen LogP contribution in [0, 0.1) is 5.41 Å². The van der Waals surface area contributed by atoms with Crippen LogP contribution in [0.15, 0.2) is 78.2 Å². The zero-order chi connectivity index (χ0) is 27.3. The highest BCUT2D eigenvalue weighted by molar-refractivity contribution is 7.14. The minimum Gasteiger partial charge on any atom is -0.376 e.